The number of aromatic nitrogens is 3. The molecule has 3 aromatic heterocycles. The molecule has 4 heterocycles. The van der Waals surface area contributed by atoms with Crippen LogP contribution in [0.5, 0.6) is 0 Å². The van der Waals surface area contributed by atoms with Crippen molar-refractivity contribution in [3.05, 3.63) is 79.5 Å². The highest BCUT2D eigenvalue weighted by Gasteiger charge is 2.26. The lowest BCUT2D eigenvalue weighted by atomic mass is 10.1. The number of imidazole rings is 1. The van der Waals surface area contributed by atoms with E-state index < -0.39 is 12.7 Å². The second-order valence-electron chi connectivity index (χ2n) is 8.89. The van der Waals surface area contributed by atoms with E-state index >= 15 is 0 Å². The highest BCUT2D eigenvalue weighted by Crippen LogP contribution is 2.28. The number of nitrogens with zero attached hydrogens (tertiary/aromatic N) is 4. The molecule has 6 nitrogen and oxygen atoms in total. The van der Waals surface area contributed by atoms with E-state index in [1.165, 1.54) is 19.3 Å². The summed E-state index contributed by atoms with van der Waals surface area (Å²) >= 11 is 0. The first kappa shape index (κ1) is 23.7. The van der Waals surface area contributed by atoms with Gasteiger partial charge in [0.1, 0.15) is 18.0 Å². The number of anilines is 2. The third-order valence-electron chi connectivity index (χ3n) is 6.23. The van der Waals surface area contributed by atoms with E-state index in [0.29, 0.717) is 5.69 Å². The summed E-state index contributed by atoms with van der Waals surface area (Å²) in [6.07, 6.45) is 5.07. The van der Waals surface area contributed by atoms with Gasteiger partial charge in [0.05, 0.1) is 17.7 Å². The number of halogens is 3. The maximum absolute atomic E-state index is 12.4. The molecule has 4 aromatic rings. The molecule has 5 rings (SSSR count). The summed E-state index contributed by atoms with van der Waals surface area (Å²) in [6.45, 7) is 4.59. The fourth-order valence-electron chi connectivity index (χ4n) is 4.42. The lowest BCUT2D eigenvalue weighted by Gasteiger charge is -2.27. The van der Waals surface area contributed by atoms with Crippen molar-refractivity contribution in [1.82, 2.24) is 19.7 Å². The minimum Gasteiger partial charge on any atom is -0.363 e. The Bertz CT molecular complexity index is 1350. The van der Waals surface area contributed by atoms with E-state index in [-0.39, 0.29) is 5.82 Å². The SMILES string of the molecule is C=C(NCC(F)(F)F)Nc1cccc(-c2cnc3cc(-c4ccc(N5CCCCC5)nc4)ccn23)c1. The Kier molecular flexibility index (Phi) is 6.54. The summed E-state index contributed by atoms with van der Waals surface area (Å²) in [7, 11) is 0. The van der Waals surface area contributed by atoms with Gasteiger partial charge < -0.3 is 15.5 Å². The van der Waals surface area contributed by atoms with Gasteiger partial charge in [0.15, 0.2) is 0 Å². The summed E-state index contributed by atoms with van der Waals surface area (Å²) in [6, 6.07) is 15.6. The Hall–Kier alpha value is -4.01. The molecule has 0 saturated carbocycles. The number of hydrogen-bond donors (Lipinski definition) is 2. The molecule has 1 saturated heterocycles. The van der Waals surface area contributed by atoms with Crippen molar-refractivity contribution in [2.45, 2.75) is 25.4 Å². The Balaban J connectivity index is 1.33. The van der Waals surface area contributed by atoms with Gasteiger partial charge in [0.25, 0.3) is 0 Å². The number of alkyl halides is 3. The molecule has 0 bridgehead atoms. The lowest BCUT2D eigenvalue weighted by molar-refractivity contribution is -0.123. The molecule has 0 spiro atoms. The van der Waals surface area contributed by atoms with Crippen molar-refractivity contribution < 1.29 is 13.2 Å². The molecule has 0 aliphatic carbocycles. The van der Waals surface area contributed by atoms with E-state index in [0.717, 1.165) is 46.9 Å². The summed E-state index contributed by atoms with van der Waals surface area (Å²) in [5.41, 5.74) is 5.21. The number of pyridine rings is 2. The van der Waals surface area contributed by atoms with Crippen LogP contribution in [0.1, 0.15) is 19.3 Å². The zero-order valence-corrected chi connectivity index (χ0v) is 19.7. The Morgan fingerprint density at radius 2 is 1.75 bits per heavy atom. The van der Waals surface area contributed by atoms with Crippen LogP contribution in [-0.4, -0.2) is 40.2 Å². The third kappa shape index (κ3) is 5.45. The summed E-state index contributed by atoms with van der Waals surface area (Å²) in [4.78, 5) is 11.6. The fraction of sp³-hybridized carbons (Fsp3) is 0.259. The van der Waals surface area contributed by atoms with E-state index in [1.54, 1.807) is 12.3 Å². The standard InChI is InChI=1S/C27H27F3N6/c1-19(33-18-27(28,29)30)34-23-7-5-6-21(14-23)24-17-32-26-15-20(10-13-36(24)26)22-8-9-25(31-16-22)35-11-3-2-4-12-35/h5-10,13-17,33-34H,1-4,11-12,18H2. The first-order valence-corrected chi connectivity index (χ1v) is 11.9. The molecule has 1 fully saturated rings. The van der Waals surface area contributed by atoms with Gasteiger partial charge in [-0.3, -0.25) is 4.40 Å². The molecule has 1 aromatic carbocycles. The minimum atomic E-state index is -4.31. The highest BCUT2D eigenvalue weighted by molar-refractivity contribution is 5.72. The maximum Gasteiger partial charge on any atom is 0.405 e. The average Bonchev–Trinajstić information content (AvgIpc) is 3.31. The van der Waals surface area contributed by atoms with E-state index in [4.69, 9.17) is 0 Å². The first-order chi connectivity index (χ1) is 17.4. The van der Waals surface area contributed by atoms with Gasteiger partial charge in [-0.05, 0) is 61.2 Å². The second-order valence-corrected chi connectivity index (χ2v) is 8.89. The molecule has 9 heteroatoms. The van der Waals surface area contributed by atoms with Crippen LogP contribution in [-0.2, 0) is 0 Å². The lowest BCUT2D eigenvalue weighted by Crippen LogP contribution is -2.30. The maximum atomic E-state index is 12.4. The molecule has 36 heavy (non-hydrogen) atoms. The van der Waals surface area contributed by atoms with Gasteiger partial charge in [-0.25, -0.2) is 9.97 Å². The van der Waals surface area contributed by atoms with Crippen LogP contribution in [0.4, 0.5) is 24.7 Å². The van der Waals surface area contributed by atoms with Gasteiger partial charge in [-0.2, -0.15) is 13.2 Å². The second kappa shape index (κ2) is 9.93. The number of piperidine rings is 1. The van der Waals surface area contributed by atoms with Crippen molar-refractivity contribution in [2.24, 2.45) is 0 Å². The zero-order valence-electron chi connectivity index (χ0n) is 19.7. The van der Waals surface area contributed by atoms with Crippen LogP contribution in [0.25, 0.3) is 28.0 Å². The molecule has 0 amide bonds. The van der Waals surface area contributed by atoms with Crippen LogP contribution in [0.15, 0.2) is 79.5 Å². The van der Waals surface area contributed by atoms with Gasteiger partial charge >= 0.3 is 6.18 Å². The number of fused-ring (bicyclic) bond motifs is 1. The number of nitrogens with one attached hydrogen (secondary N) is 2. The molecular weight excluding hydrogens is 465 g/mol. The number of benzene rings is 1. The fourth-order valence-corrected chi connectivity index (χ4v) is 4.42. The molecule has 1 aliphatic rings. The van der Waals surface area contributed by atoms with Crippen LogP contribution in [0.3, 0.4) is 0 Å². The Morgan fingerprint density at radius 3 is 2.50 bits per heavy atom. The molecule has 2 N–H and O–H groups in total. The summed E-state index contributed by atoms with van der Waals surface area (Å²) in [5.74, 6) is 1.10. The monoisotopic (exact) mass is 492 g/mol. The van der Waals surface area contributed by atoms with Crippen molar-refractivity contribution in [3.8, 4) is 22.4 Å². The van der Waals surface area contributed by atoms with Gasteiger partial charge in [0.2, 0.25) is 0 Å². The molecular formula is C27H27F3N6. The van der Waals surface area contributed by atoms with Crippen molar-refractivity contribution in [2.75, 3.05) is 29.9 Å². The van der Waals surface area contributed by atoms with E-state index in [9.17, 15) is 13.2 Å². The topological polar surface area (TPSA) is 57.5 Å². The van der Waals surface area contributed by atoms with Crippen LogP contribution in [0, 0.1) is 0 Å². The number of hydrogen-bond acceptors (Lipinski definition) is 5. The van der Waals surface area contributed by atoms with Crippen molar-refractivity contribution in [3.63, 3.8) is 0 Å². The van der Waals surface area contributed by atoms with Crippen LogP contribution in [0.2, 0.25) is 0 Å². The van der Waals surface area contributed by atoms with Crippen LogP contribution >= 0.6 is 0 Å². The van der Waals surface area contributed by atoms with Gasteiger partial charge in [-0.1, -0.05) is 18.7 Å². The zero-order chi connectivity index (χ0) is 25.1. The third-order valence-corrected chi connectivity index (χ3v) is 6.23. The minimum absolute atomic E-state index is 0.0761. The van der Waals surface area contributed by atoms with Crippen LogP contribution < -0.4 is 15.5 Å². The summed E-state index contributed by atoms with van der Waals surface area (Å²) < 4.78 is 39.3. The van der Waals surface area contributed by atoms with Gasteiger partial charge in [-0.15, -0.1) is 0 Å². The largest absolute Gasteiger partial charge is 0.405 e. The van der Waals surface area contributed by atoms with Crippen molar-refractivity contribution >= 4 is 17.2 Å². The first-order valence-electron chi connectivity index (χ1n) is 11.9. The van der Waals surface area contributed by atoms with Gasteiger partial charge in [0, 0.05) is 42.3 Å². The molecule has 186 valence electrons. The molecule has 0 radical (unpaired) electrons. The summed E-state index contributed by atoms with van der Waals surface area (Å²) in [5, 5.41) is 5.12. The Labute approximate surface area is 207 Å². The molecule has 1 aliphatic heterocycles. The predicted octanol–water partition coefficient (Wildman–Crippen LogP) is 6.09. The number of rotatable bonds is 7. The predicted molar refractivity (Wildman–Crippen MR) is 137 cm³/mol. The molecule has 0 atom stereocenters. The van der Waals surface area contributed by atoms with Crippen molar-refractivity contribution in [1.29, 1.82) is 0 Å². The van der Waals surface area contributed by atoms with E-state index in [1.807, 2.05) is 47.1 Å². The quantitative estimate of drug-likeness (QED) is 0.327. The Morgan fingerprint density at radius 1 is 0.917 bits per heavy atom. The highest BCUT2D eigenvalue weighted by atomic mass is 19.4. The van der Waals surface area contributed by atoms with E-state index in [2.05, 4.69) is 44.2 Å². The average molecular weight is 493 g/mol. The molecule has 0 unspecified atom stereocenters. The normalized spacial score (nSPS) is 14.1. The smallest absolute Gasteiger partial charge is 0.363 e.